The molecule has 18 heavy (non-hydrogen) atoms. The van der Waals surface area contributed by atoms with Crippen LogP contribution in [0.3, 0.4) is 0 Å². The highest BCUT2D eigenvalue weighted by atomic mass is 35.5. The number of halogens is 1. The molecule has 2 aliphatic rings. The Labute approximate surface area is 111 Å². The largest absolute Gasteiger partial charge is 0.371 e. The lowest BCUT2D eigenvalue weighted by atomic mass is 10.2. The van der Waals surface area contributed by atoms with E-state index in [2.05, 4.69) is 19.9 Å². The summed E-state index contributed by atoms with van der Waals surface area (Å²) in [6.45, 7) is 1.67. The van der Waals surface area contributed by atoms with E-state index in [1.165, 1.54) is 0 Å². The molecule has 0 aromatic carbocycles. The van der Waals surface area contributed by atoms with Crippen LogP contribution in [0.2, 0.25) is 5.28 Å². The molecule has 2 aliphatic heterocycles. The molecule has 98 valence electrons. The van der Waals surface area contributed by atoms with Gasteiger partial charge in [-0.3, -0.25) is 0 Å². The molecule has 1 aromatic heterocycles. The minimum atomic E-state index is 0.238. The van der Waals surface area contributed by atoms with Gasteiger partial charge in [-0.05, 0) is 24.4 Å². The molecule has 2 atom stereocenters. The summed E-state index contributed by atoms with van der Waals surface area (Å²) in [6, 6.07) is 0. The Balaban J connectivity index is 1.87. The lowest BCUT2D eigenvalue weighted by molar-refractivity contribution is 0.0299. The zero-order chi connectivity index (χ0) is 12.7. The maximum atomic E-state index is 5.95. The Kier molecular flexibility index (Phi) is 2.99. The van der Waals surface area contributed by atoms with Crippen molar-refractivity contribution >= 4 is 23.5 Å². The summed E-state index contributed by atoms with van der Waals surface area (Å²) in [4.78, 5) is 16.7. The molecule has 3 rings (SSSR count). The van der Waals surface area contributed by atoms with Crippen molar-refractivity contribution in [2.45, 2.75) is 25.0 Å². The van der Waals surface area contributed by atoms with E-state index >= 15 is 0 Å². The van der Waals surface area contributed by atoms with E-state index in [4.69, 9.17) is 16.3 Å². The molecule has 0 amide bonds. The topological polar surface area (TPSA) is 54.4 Å². The highest BCUT2D eigenvalue weighted by molar-refractivity contribution is 6.28. The molecule has 7 heteroatoms. The Morgan fingerprint density at radius 1 is 1.17 bits per heavy atom. The fourth-order valence-corrected chi connectivity index (χ4v) is 2.60. The quantitative estimate of drug-likeness (QED) is 0.797. The zero-order valence-corrected chi connectivity index (χ0v) is 11.3. The zero-order valence-electron chi connectivity index (χ0n) is 10.5. The number of hydrogen-bond donors (Lipinski definition) is 0. The number of nitrogens with zero attached hydrogens (tertiary/aromatic N) is 5. The van der Waals surface area contributed by atoms with Crippen molar-refractivity contribution < 1.29 is 4.74 Å². The van der Waals surface area contributed by atoms with Crippen LogP contribution in [-0.2, 0) is 4.74 Å². The molecule has 0 aliphatic carbocycles. The van der Waals surface area contributed by atoms with Crippen LogP contribution < -0.4 is 9.80 Å². The summed E-state index contributed by atoms with van der Waals surface area (Å²) in [5.41, 5.74) is 0. The molecule has 0 saturated carbocycles. The first kappa shape index (κ1) is 11.9. The van der Waals surface area contributed by atoms with Crippen LogP contribution in [0.15, 0.2) is 0 Å². The predicted octanol–water partition coefficient (Wildman–Crippen LogP) is 0.959. The van der Waals surface area contributed by atoms with Crippen molar-refractivity contribution in [3.8, 4) is 0 Å². The number of fused-ring (bicyclic) bond motifs is 2. The van der Waals surface area contributed by atoms with Crippen molar-refractivity contribution in [1.82, 2.24) is 15.0 Å². The van der Waals surface area contributed by atoms with Gasteiger partial charge in [0, 0.05) is 27.2 Å². The molecule has 2 saturated heterocycles. The van der Waals surface area contributed by atoms with Gasteiger partial charge in [0.1, 0.15) is 0 Å². The maximum absolute atomic E-state index is 5.95. The van der Waals surface area contributed by atoms with Crippen LogP contribution in [0, 0.1) is 0 Å². The Hall–Kier alpha value is -1.14. The number of rotatable bonds is 2. The molecular formula is C11H16ClN5O. The van der Waals surface area contributed by atoms with Crippen molar-refractivity contribution in [3.05, 3.63) is 5.28 Å². The molecule has 2 unspecified atom stereocenters. The predicted molar refractivity (Wildman–Crippen MR) is 69.3 cm³/mol. The van der Waals surface area contributed by atoms with Gasteiger partial charge in [-0.1, -0.05) is 0 Å². The smallest absolute Gasteiger partial charge is 0.231 e. The minimum Gasteiger partial charge on any atom is -0.371 e. The van der Waals surface area contributed by atoms with Gasteiger partial charge in [0.05, 0.1) is 12.2 Å². The first-order valence-corrected chi connectivity index (χ1v) is 6.49. The molecule has 3 heterocycles. The molecule has 2 fully saturated rings. The van der Waals surface area contributed by atoms with Crippen molar-refractivity contribution in [2.75, 3.05) is 37.0 Å². The van der Waals surface area contributed by atoms with Crippen LogP contribution >= 0.6 is 11.6 Å². The first-order chi connectivity index (χ1) is 8.61. The molecule has 1 aromatic rings. The number of ether oxygens (including phenoxy) is 1. The molecule has 6 nitrogen and oxygen atoms in total. The standard InChI is InChI=1S/C11H16ClN5O/c1-16(2)10-13-9(12)14-11(15-10)17-5-7-3-4-8(6-17)18-7/h7-8H,3-6H2,1-2H3. The summed E-state index contributed by atoms with van der Waals surface area (Å²) in [5.74, 6) is 1.24. The molecule has 0 spiro atoms. The summed E-state index contributed by atoms with van der Waals surface area (Å²) in [7, 11) is 3.77. The van der Waals surface area contributed by atoms with Crippen molar-refractivity contribution in [3.63, 3.8) is 0 Å². The van der Waals surface area contributed by atoms with Gasteiger partial charge < -0.3 is 14.5 Å². The summed E-state index contributed by atoms with van der Waals surface area (Å²) in [5, 5.41) is 0.238. The summed E-state index contributed by atoms with van der Waals surface area (Å²) >= 11 is 5.95. The maximum Gasteiger partial charge on any atom is 0.231 e. The van der Waals surface area contributed by atoms with E-state index in [1.807, 2.05) is 19.0 Å². The third kappa shape index (κ3) is 2.22. The highest BCUT2D eigenvalue weighted by Gasteiger charge is 2.35. The minimum absolute atomic E-state index is 0.238. The van der Waals surface area contributed by atoms with Gasteiger partial charge in [0.2, 0.25) is 17.2 Å². The average molecular weight is 270 g/mol. The average Bonchev–Trinajstić information content (AvgIpc) is 2.67. The van der Waals surface area contributed by atoms with Crippen LogP contribution in [-0.4, -0.2) is 54.3 Å². The van der Waals surface area contributed by atoms with Crippen molar-refractivity contribution in [2.24, 2.45) is 0 Å². The first-order valence-electron chi connectivity index (χ1n) is 6.11. The normalized spacial score (nSPS) is 26.5. The van der Waals surface area contributed by atoms with E-state index in [0.29, 0.717) is 24.1 Å². The van der Waals surface area contributed by atoms with E-state index in [9.17, 15) is 0 Å². The van der Waals surface area contributed by atoms with Gasteiger partial charge in [-0.25, -0.2) is 0 Å². The summed E-state index contributed by atoms with van der Waals surface area (Å²) < 4.78 is 5.80. The van der Waals surface area contributed by atoms with E-state index in [1.54, 1.807) is 0 Å². The third-order valence-corrected chi connectivity index (χ3v) is 3.48. The van der Waals surface area contributed by atoms with Crippen LogP contribution in [0.1, 0.15) is 12.8 Å². The lowest BCUT2D eigenvalue weighted by Gasteiger charge is -2.32. The van der Waals surface area contributed by atoms with Crippen LogP contribution in [0.5, 0.6) is 0 Å². The number of anilines is 2. The van der Waals surface area contributed by atoms with Gasteiger partial charge in [-0.15, -0.1) is 0 Å². The van der Waals surface area contributed by atoms with E-state index in [-0.39, 0.29) is 5.28 Å². The molecule has 0 N–H and O–H groups in total. The van der Waals surface area contributed by atoms with Crippen LogP contribution in [0.4, 0.5) is 11.9 Å². The lowest BCUT2D eigenvalue weighted by Crippen LogP contribution is -2.43. The van der Waals surface area contributed by atoms with Crippen LogP contribution in [0.25, 0.3) is 0 Å². The van der Waals surface area contributed by atoms with Gasteiger partial charge >= 0.3 is 0 Å². The Morgan fingerprint density at radius 2 is 1.83 bits per heavy atom. The van der Waals surface area contributed by atoms with E-state index < -0.39 is 0 Å². The summed E-state index contributed by atoms with van der Waals surface area (Å²) in [6.07, 6.45) is 2.87. The highest BCUT2D eigenvalue weighted by Crippen LogP contribution is 2.28. The second kappa shape index (κ2) is 4.51. The Morgan fingerprint density at radius 3 is 2.44 bits per heavy atom. The fraction of sp³-hybridized carbons (Fsp3) is 0.727. The van der Waals surface area contributed by atoms with Gasteiger partial charge in [0.25, 0.3) is 0 Å². The molecule has 2 bridgehead atoms. The number of morpholine rings is 1. The molecular weight excluding hydrogens is 254 g/mol. The monoisotopic (exact) mass is 269 g/mol. The third-order valence-electron chi connectivity index (χ3n) is 3.31. The SMILES string of the molecule is CN(C)c1nc(Cl)nc(N2CC3CCC(C2)O3)n1. The molecule has 0 radical (unpaired) electrons. The second-order valence-electron chi connectivity index (χ2n) is 4.96. The Bertz CT molecular complexity index is 443. The van der Waals surface area contributed by atoms with Gasteiger partial charge in [0.15, 0.2) is 0 Å². The van der Waals surface area contributed by atoms with Crippen molar-refractivity contribution in [1.29, 1.82) is 0 Å². The van der Waals surface area contributed by atoms with E-state index in [0.717, 1.165) is 25.9 Å². The second-order valence-corrected chi connectivity index (χ2v) is 5.30. The number of aromatic nitrogens is 3. The fourth-order valence-electron chi connectivity index (χ4n) is 2.45. The number of hydrogen-bond acceptors (Lipinski definition) is 6. The van der Waals surface area contributed by atoms with Gasteiger partial charge in [-0.2, -0.15) is 15.0 Å².